The maximum Gasteiger partial charge on any atom is 0.0621 e. The normalized spacial score (nSPS) is 11.1. The molecule has 0 saturated carbocycles. The summed E-state index contributed by atoms with van der Waals surface area (Å²) in [5, 5.41) is 18.7. The van der Waals surface area contributed by atoms with Gasteiger partial charge < -0.3 is 5.11 Å². The van der Waals surface area contributed by atoms with E-state index in [4.69, 9.17) is 5.26 Å². The standard InChI is InChI=1S/C7H12NOS/c1-7(9)10-6-4-2-3-5-8/h9H,2-4,6H2,1H3/p-1. The van der Waals surface area contributed by atoms with Crippen LogP contribution in [0.4, 0.5) is 0 Å². The van der Waals surface area contributed by atoms with Crippen LogP contribution < -0.4 is 5.11 Å². The first-order chi connectivity index (χ1) is 4.77. The van der Waals surface area contributed by atoms with Crippen LogP contribution in [0.2, 0.25) is 0 Å². The predicted molar refractivity (Wildman–Crippen MR) is 42.6 cm³/mol. The Morgan fingerprint density at radius 1 is 1.60 bits per heavy atom. The molecule has 0 saturated heterocycles. The molecule has 0 rings (SSSR count). The molecular formula is C7H11NOS-. The van der Waals surface area contributed by atoms with Gasteiger partial charge in [0.05, 0.1) is 6.07 Å². The number of nitrogens with zero attached hydrogens (tertiary/aromatic N) is 1. The first kappa shape index (κ1) is 9.54. The van der Waals surface area contributed by atoms with Gasteiger partial charge in [0.15, 0.2) is 0 Å². The van der Waals surface area contributed by atoms with Gasteiger partial charge in [-0.15, -0.1) is 5.05 Å². The average Bonchev–Trinajstić information content (AvgIpc) is 1.87. The third-order valence-corrected chi connectivity index (χ3v) is 1.89. The molecule has 0 aliphatic rings. The summed E-state index contributed by atoms with van der Waals surface area (Å²) in [6.45, 7) is 1.56. The fraction of sp³-hybridized carbons (Fsp3) is 0.714. The maximum atomic E-state index is 10.4. The van der Waals surface area contributed by atoms with E-state index in [1.165, 1.54) is 11.4 Å². The monoisotopic (exact) mass is 157 g/mol. The first-order valence-electron chi connectivity index (χ1n) is 3.27. The Labute approximate surface area is 65.4 Å². The van der Waals surface area contributed by atoms with Gasteiger partial charge in [0.1, 0.15) is 0 Å². The van der Waals surface area contributed by atoms with E-state index in [-0.39, 0.29) is 5.05 Å². The topological polar surface area (TPSA) is 46.8 Å². The van der Waals surface area contributed by atoms with E-state index in [2.05, 4.69) is 6.07 Å². The fourth-order valence-electron chi connectivity index (χ4n) is 0.522. The molecule has 57 valence electrons. The van der Waals surface area contributed by atoms with Gasteiger partial charge in [-0.25, -0.2) is 0 Å². The number of unbranched alkanes of at least 4 members (excludes halogenated alkanes) is 2. The molecule has 0 amide bonds. The lowest BCUT2D eigenvalue weighted by Crippen LogP contribution is -2.09. The minimum Gasteiger partial charge on any atom is -0.823 e. The molecule has 1 radical (unpaired) electrons. The van der Waals surface area contributed by atoms with E-state index >= 15 is 0 Å². The summed E-state index contributed by atoms with van der Waals surface area (Å²) in [6.07, 6.45) is 2.49. The lowest BCUT2D eigenvalue weighted by atomic mass is 10.3. The molecule has 3 heteroatoms. The molecule has 0 spiro atoms. The Morgan fingerprint density at radius 3 is 2.80 bits per heavy atom. The summed E-state index contributed by atoms with van der Waals surface area (Å²) in [5.74, 6) is 0.858. The van der Waals surface area contributed by atoms with Crippen LogP contribution in [0.5, 0.6) is 0 Å². The van der Waals surface area contributed by atoms with Gasteiger partial charge in [0.2, 0.25) is 0 Å². The summed E-state index contributed by atoms with van der Waals surface area (Å²) in [4.78, 5) is 0. The Balaban J connectivity index is 3.07. The molecule has 0 aromatic rings. The van der Waals surface area contributed by atoms with Crippen LogP contribution in [-0.2, 0) is 0 Å². The smallest absolute Gasteiger partial charge is 0.0621 e. The van der Waals surface area contributed by atoms with Crippen LogP contribution in [0.25, 0.3) is 0 Å². The number of hydrogen-bond donors (Lipinski definition) is 0. The van der Waals surface area contributed by atoms with Crippen molar-refractivity contribution in [1.29, 1.82) is 5.26 Å². The molecule has 0 aliphatic carbocycles. The van der Waals surface area contributed by atoms with Crippen molar-refractivity contribution in [3.05, 3.63) is 0 Å². The van der Waals surface area contributed by atoms with Crippen molar-refractivity contribution in [1.82, 2.24) is 0 Å². The second-order valence-electron chi connectivity index (χ2n) is 1.96. The summed E-state index contributed by atoms with van der Waals surface area (Å²) in [5.41, 5.74) is 0. The van der Waals surface area contributed by atoms with Crippen LogP contribution in [0.3, 0.4) is 0 Å². The van der Waals surface area contributed by atoms with Crippen molar-refractivity contribution in [2.45, 2.75) is 26.2 Å². The van der Waals surface area contributed by atoms with Gasteiger partial charge in [0.25, 0.3) is 0 Å². The highest BCUT2D eigenvalue weighted by atomic mass is 32.1. The quantitative estimate of drug-likeness (QED) is 0.450. The van der Waals surface area contributed by atoms with Gasteiger partial charge in [-0.1, -0.05) is 6.92 Å². The average molecular weight is 157 g/mol. The van der Waals surface area contributed by atoms with Gasteiger partial charge in [0, 0.05) is 12.2 Å². The molecular weight excluding hydrogens is 146 g/mol. The predicted octanol–water partition coefficient (Wildman–Crippen LogP) is 0.924. The van der Waals surface area contributed by atoms with Gasteiger partial charge >= 0.3 is 0 Å². The van der Waals surface area contributed by atoms with Gasteiger partial charge in [-0.3, -0.25) is 0 Å². The first-order valence-corrected chi connectivity index (χ1v) is 4.26. The molecule has 0 N–H and O–H groups in total. The molecule has 0 heterocycles. The second-order valence-corrected chi connectivity index (χ2v) is 3.23. The Bertz CT molecular complexity index is 144. The summed E-state index contributed by atoms with van der Waals surface area (Å²) in [7, 11) is 0. The summed E-state index contributed by atoms with van der Waals surface area (Å²) in [6, 6.07) is 2.06. The Hall–Kier alpha value is -0.460. The molecule has 0 aliphatic heterocycles. The second kappa shape index (κ2) is 6.66. The zero-order valence-corrected chi connectivity index (χ0v) is 6.91. The lowest BCUT2D eigenvalue weighted by molar-refractivity contribution is -0.209. The van der Waals surface area contributed by atoms with Crippen LogP contribution in [0.15, 0.2) is 0 Å². The molecule has 10 heavy (non-hydrogen) atoms. The van der Waals surface area contributed by atoms with E-state index < -0.39 is 0 Å². The Morgan fingerprint density at radius 2 is 2.30 bits per heavy atom. The molecule has 0 atom stereocenters. The molecule has 0 unspecified atom stereocenters. The molecule has 0 fully saturated rings. The Kier molecular flexibility index (Phi) is 6.35. The van der Waals surface area contributed by atoms with Crippen LogP contribution >= 0.6 is 11.4 Å². The van der Waals surface area contributed by atoms with Gasteiger partial charge in [-0.2, -0.15) is 16.6 Å². The molecule has 0 aromatic heterocycles. The number of nitriles is 1. The zero-order valence-electron chi connectivity index (χ0n) is 6.09. The van der Waals surface area contributed by atoms with Crippen molar-refractivity contribution < 1.29 is 5.11 Å². The summed E-state index contributed by atoms with van der Waals surface area (Å²) >= 11 is 1.33. The highest BCUT2D eigenvalue weighted by Crippen LogP contribution is 1.98. The lowest BCUT2D eigenvalue weighted by Gasteiger charge is -2.00. The van der Waals surface area contributed by atoms with Crippen LogP contribution in [0, 0.1) is 11.3 Å². The van der Waals surface area contributed by atoms with Crippen LogP contribution in [0.1, 0.15) is 26.2 Å². The van der Waals surface area contributed by atoms with Crippen LogP contribution in [-0.4, -0.2) is 10.8 Å². The minimum atomic E-state index is 0.164. The highest BCUT2D eigenvalue weighted by molar-refractivity contribution is 7.98. The molecule has 2 nitrogen and oxygen atoms in total. The van der Waals surface area contributed by atoms with Crippen molar-refractivity contribution in [3.8, 4) is 6.07 Å². The number of hydrogen-bond acceptors (Lipinski definition) is 2. The van der Waals surface area contributed by atoms with Crippen molar-refractivity contribution in [3.63, 3.8) is 0 Å². The third kappa shape index (κ3) is 7.54. The van der Waals surface area contributed by atoms with E-state index in [0.29, 0.717) is 6.42 Å². The molecule has 0 bridgehead atoms. The van der Waals surface area contributed by atoms with Gasteiger partial charge in [-0.05, 0) is 12.8 Å². The molecule has 0 aromatic carbocycles. The van der Waals surface area contributed by atoms with E-state index in [1.54, 1.807) is 6.92 Å². The van der Waals surface area contributed by atoms with E-state index in [9.17, 15) is 5.11 Å². The number of rotatable bonds is 4. The zero-order chi connectivity index (χ0) is 7.82. The fourth-order valence-corrected chi connectivity index (χ4v) is 1.16. The van der Waals surface area contributed by atoms with E-state index in [0.717, 1.165) is 18.6 Å². The maximum absolute atomic E-state index is 10.4. The van der Waals surface area contributed by atoms with Crippen molar-refractivity contribution in [2.24, 2.45) is 0 Å². The third-order valence-electron chi connectivity index (χ3n) is 0.988. The van der Waals surface area contributed by atoms with Crippen molar-refractivity contribution in [2.75, 3.05) is 5.75 Å². The van der Waals surface area contributed by atoms with E-state index in [1.807, 2.05) is 0 Å². The SMILES string of the molecule is CC([O-])=[S]CCCCC#N. The summed E-state index contributed by atoms with van der Waals surface area (Å²) < 4.78 is 0. The highest BCUT2D eigenvalue weighted by Gasteiger charge is 1.83. The largest absolute Gasteiger partial charge is 0.823 e. The minimum absolute atomic E-state index is 0.164. The van der Waals surface area contributed by atoms with Crippen molar-refractivity contribution >= 4 is 16.4 Å².